The van der Waals surface area contributed by atoms with E-state index >= 15 is 0 Å². The predicted octanol–water partition coefficient (Wildman–Crippen LogP) is 1.41. The zero-order valence-electron chi connectivity index (χ0n) is 14.6. The van der Waals surface area contributed by atoms with Crippen molar-refractivity contribution in [1.82, 2.24) is 13.5 Å². The van der Waals surface area contributed by atoms with Gasteiger partial charge in [-0.3, -0.25) is 4.79 Å². The molecule has 144 valence electrons. The van der Waals surface area contributed by atoms with E-state index in [1.165, 1.54) is 13.5 Å². The van der Waals surface area contributed by atoms with E-state index in [0.717, 1.165) is 37.5 Å². The van der Waals surface area contributed by atoms with Crippen molar-refractivity contribution in [3.05, 3.63) is 29.6 Å². The molecule has 0 radical (unpaired) electrons. The molecule has 0 bridgehead atoms. The Morgan fingerprint density at radius 3 is 2.31 bits per heavy atom. The molecular formula is C17H24FN3O4S. The summed E-state index contributed by atoms with van der Waals surface area (Å²) in [5.41, 5.74) is -0.0997. The highest BCUT2D eigenvalue weighted by atomic mass is 32.2. The quantitative estimate of drug-likeness (QED) is 0.853. The molecule has 0 atom stereocenters. The van der Waals surface area contributed by atoms with E-state index in [2.05, 4.69) is 0 Å². The van der Waals surface area contributed by atoms with Gasteiger partial charge in [-0.2, -0.15) is 17.0 Å². The second-order valence-electron chi connectivity index (χ2n) is 6.67. The van der Waals surface area contributed by atoms with Crippen molar-refractivity contribution >= 4 is 16.1 Å². The molecule has 1 aromatic carbocycles. The molecule has 3 rings (SSSR count). The van der Waals surface area contributed by atoms with Gasteiger partial charge in [0.05, 0.1) is 5.56 Å². The van der Waals surface area contributed by atoms with E-state index in [4.69, 9.17) is 0 Å². The molecule has 1 aromatic rings. The summed E-state index contributed by atoms with van der Waals surface area (Å²) in [5, 5.41) is 9.83. The van der Waals surface area contributed by atoms with Crippen LogP contribution in [0.1, 0.15) is 36.0 Å². The number of benzene rings is 1. The van der Waals surface area contributed by atoms with Gasteiger partial charge in [-0.05, 0) is 37.5 Å². The standard InChI is InChI=1S/C17H24FN3O4S/c18-14-5-6-16(22)15(13-14)17(23)19-7-4-10-21(12-11-19)26(24,25)20-8-2-1-3-9-20/h5-6,13,22H,1-4,7-12H2. The fraction of sp³-hybridized carbons (Fsp3) is 0.588. The summed E-state index contributed by atoms with van der Waals surface area (Å²) in [6.45, 7) is 2.19. The van der Waals surface area contributed by atoms with Crippen LogP contribution in [-0.2, 0) is 10.2 Å². The van der Waals surface area contributed by atoms with Gasteiger partial charge < -0.3 is 10.0 Å². The second kappa shape index (κ2) is 7.89. The van der Waals surface area contributed by atoms with E-state index in [9.17, 15) is 22.7 Å². The number of aromatic hydroxyl groups is 1. The highest BCUT2D eigenvalue weighted by Gasteiger charge is 2.33. The molecule has 0 unspecified atom stereocenters. The predicted molar refractivity (Wildman–Crippen MR) is 94.5 cm³/mol. The summed E-state index contributed by atoms with van der Waals surface area (Å²) in [6.07, 6.45) is 3.29. The SMILES string of the molecule is O=C(c1cc(F)ccc1O)N1CCCN(S(=O)(=O)N2CCCCC2)CC1. The van der Waals surface area contributed by atoms with Crippen molar-refractivity contribution in [2.45, 2.75) is 25.7 Å². The Bertz CT molecular complexity index is 765. The van der Waals surface area contributed by atoms with Gasteiger partial charge in [0.1, 0.15) is 11.6 Å². The molecule has 0 spiro atoms. The summed E-state index contributed by atoms with van der Waals surface area (Å²) < 4.78 is 41.9. The molecule has 26 heavy (non-hydrogen) atoms. The summed E-state index contributed by atoms with van der Waals surface area (Å²) in [7, 11) is -3.52. The number of amides is 1. The Balaban J connectivity index is 1.70. The van der Waals surface area contributed by atoms with E-state index in [1.54, 1.807) is 0 Å². The Kier molecular flexibility index (Phi) is 5.79. The van der Waals surface area contributed by atoms with Crippen LogP contribution < -0.4 is 0 Å². The summed E-state index contributed by atoms with van der Waals surface area (Å²) in [6, 6.07) is 3.24. The molecule has 2 heterocycles. The molecular weight excluding hydrogens is 361 g/mol. The van der Waals surface area contributed by atoms with Crippen LogP contribution in [0.15, 0.2) is 18.2 Å². The molecule has 1 N–H and O–H groups in total. The summed E-state index contributed by atoms with van der Waals surface area (Å²) >= 11 is 0. The monoisotopic (exact) mass is 385 g/mol. The zero-order valence-corrected chi connectivity index (χ0v) is 15.4. The number of hydrogen-bond acceptors (Lipinski definition) is 4. The highest BCUT2D eigenvalue weighted by molar-refractivity contribution is 7.86. The Labute approximate surface area is 153 Å². The van der Waals surface area contributed by atoms with Gasteiger partial charge in [-0.1, -0.05) is 6.42 Å². The smallest absolute Gasteiger partial charge is 0.282 e. The Morgan fingerprint density at radius 2 is 1.58 bits per heavy atom. The van der Waals surface area contributed by atoms with Crippen LogP contribution in [0.2, 0.25) is 0 Å². The van der Waals surface area contributed by atoms with Crippen LogP contribution in [0.4, 0.5) is 4.39 Å². The lowest BCUT2D eigenvalue weighted by Gasteiger charge is -2.31. The molecule has 2 aliphatic rings. The van der Waals surface area contributed by atoms with Gasteiger partial charge in [0.15, 0.2) is 0 Å². The minimum Gasteiger partial charge on any atom is -0.507 e. The number of rotatable bonds is 3. The number of carbonyl (C=O) groups is 1. The molecule has 0 aliphatic carbocycles. The van der Waals surface area contributed by atoms with Gasteiger partial charge in [-0.15, -0.1) is 0 Å². The van der Waals surface area contributed by atoms with Gasteiger partial charge in [0, 0.05) is 39.3 Å². The lowest BCUT2D eigenvalue weighted by Crippen LogP contribution is -2.47. The molecule has 2 fully saturated rings. The van der Waals surface area contributed by atoms with E-state index in [0.29, 0.717) is 32.6 Å². The van der Waals surface area contributed by atoms with Gasteiger partial charge >= 0.3 is 0 Å². The third-order valence-corrected chi connectivity index (χ3v) is 6.93. The number of phenolic OH excluding ortho intramolecular Hbond substituents is 1. The number of hydrogen-bond donors (Lipinski definition) is 1. The summed E-state index contributed by atoms with van der Waals surface area (Å²) in [4.78, 5) is 14.1. The van der Waals surface area contributed by atoms with Crippen molar-refractivity contribution < 1.29 is 22.7 Å². The molecule has 1 amide bonds. The summed E-state index contributed by atoms with van der Waals surface area (Å²) in [5.74, 6) is -1.37. The Morgan fingerprint density at radius 1 is 0.923 bits per heavy atom. The van der Waals surface area contributed by atoms with Crippen LogP contribution in [0.25, 0.3) is 0 Å². The maximum atomic E-state index is 13.4. The van der Waals surface area contributed by atoms with Crippen molar-refractivity contribution in [2.75, 3.05) is 39.3 Å². The molecule has 2 saturated heterocycles. The minimum absolute atomic E-state index is 0.0997. The van der Waals surface area contributed by atoms with Crippen LogP contribution in [0, 0.1) is 5.82 Å². The first-order valence-electron chi connectivity index (χ1n) is 8.92. The van der Waals surface area contributed by atoms with Crippen molar-refractivity contribution in [2.24, 2.45) is 0 Å². The maximum absolute atomic E-state index is 13.4. The van der Waals surface area contributed by atoms with E-state index in [1.807, 2.05) is 0 Å². The maximum Gasteiger partial charge on any atom is 0.282 e. The van der Waals surface area contributed by atoms with Gasteiger partial charge in [0.2, 0.25) is 0 Å². The molecule has 9 heteroatoms. The highest BCUT2D eigenvalue weighted by Crippen LogP contribution is 2.22. The van der Waals surface area contributed by atoms with Gasteiger partial charge in [0.25, 0.3) is 16.1 Å². The van der Waals surface area contributed by atoms with Crippen LogP contribution >= 0.6 is 0 Å². The second-order valence-corrected chi connectivity index (χ2v) is 8.60. The van der Waals surface area contributed by atoms with E-state index < -0.39 is 21.9 Å². The first kappa shape index (κ1) is 19.1. The first-order valence-corrected chi connectivity index (χ1v) is 10.3. The number of carbonyl (C=O) groups excluding carboxylic acids is 1. The lowest BCUT2D eigenvalue weighted by atomic mass is 10.1. The largest absolute Gasteiger partial charge is 0.507 e. The number of phenols is 1. The number of halogens is 1. The van der Waals surface area contributed by atoms with Crippen LogP contribution in [0.5, 0.6) is 5.75 Å². The number of piperidine rings is 1. The fourth-order valence-electron chi connectivity index (χ4n) is 3.44. The number of nitrogens with zero attached hydrogens (tertiary/aromatic N) is 3. The third-order valence-electron chi connectivity index (χ3n) is 4.90. The normalized spacial score (nSPS) is 20.7. The van der Waals surface area contributed by atoms with Crippen molar-refractivity contribution in [1.29, 1.82) is 0 Å². The average molecular weight is 385 g/mol. The first-order chi connectivity index (χ1) is 12.4. The molecule has 2 aliphatic heterocycles. The third kappa shape index (κ3) is 3.99. The molecule has 7 nitrogen and oxygen atoms in total. The topological polar surface area (TPSA) is 81.2 Å². The van der Waals surface area contributed by atoms with Crippen LogP contribution in [-0.4, -0.2) is 72.2 Å². The van der Waals surface area contributed by atoms with E-state index in [-0.39, 0.29) is 24.4 Å². The Hall–Kier alpha value is -1.71. The van der Waals surface area contributed by atoms with Gasteiger partial charge in [-0.25, -0.2) is 4.39 Å². The van der Waals surface area contributed by atoms with Crippen molar-refractivity contribution in [3.63, 3.8) is 0 Å². The van der Waals surface area contributed by atoms with Crippen molar-refractivity contribution in [3.8, 4) is 5.75 Å². The fourth-order valence-corrected chi connectivity index (χ4v) is 5.15. The zero-order chi connectivity index (χ0) is 18.7. The average Bonchev–Trinajstić information content (AvgIpc) is 2.90. The minimum atomic E-state index is -3.52. The van der Waals surface area contributed by atoms with Crippen LogP contribution in [0.3, 0.4) is 0 Å². The molecule has 0 saturated carbocycles. The lowest BCUT2D eigenvalue weighted by molar-refractivity contribution is 0.0760. The molecule has 0 aromatic heterocycles.